The van der Waals surface area contributed by atoms with Gasteiger partial charge in [-0.3, -0.25) is 9.20 Å². The van der Waals surface area contributed by atoms with Gasteiger partial charge in [0.05, 0.1) is 23.6 Å². The second kappa shape index (κ2) is 11.6. The zero-order valence-corrected chi connectivity index (χ0v) is 23.8. The van der Waals surface area contributed by atoms with Crippen LogP contribution in [0.5, 0.6) is 0 Å². The molecule has 1 aliphatic heterocycles. The first-order valence-electron chi connectivity index (χ1n) is 13.1. The van der Waals surface area contributed by atoms with Gasteiger partial charge in [-0.25, -0.2) is 14.8 Å². The SMILES string of the molecule is CCOC(=O)N1CCC(NC(=O)c2ccc3nc(CC)c(N(C)c4nc(-c5ccc(Cl)cc5)cs4)n3c2)CC1. The van der Waals surface area contributed by atoms with Crippen LogP contribution in [0.15, 0.2) is 48.0 Å². The smallest absolute Gasteiger partial charge is 0.409 e. The maximum Gasteiger partial charge on any atom is 0.409 e. The lowest BCUT2D eigenvalue weighted by Gasteiger charge is -2.31. The molecule has 0 unspecified atom stereocenters. The zero-order chi connectivity index (χ0) is 27.5. The number of fused-ring (bicyclic) bond motifs is 1. The number of thiazole rings is 1. The average Bonchev–Trinajstić information content (AvgIpc) is 3.58. The Bertz CT molecular complexity index is 1480. The average molecular weight is 567 g/mol. The number of ether oxygens (including phenoxy) is 1. The summed E-state index contributed by atoms with van der Waals surface area (Å²) >= 11 is 7.59. The molecule has 0 bridgehead atoms. The molecule has 0 saturated carbocycles. The number of nitrogens with one attached hydrogen (secondary N) is 1. The van der Waals surface area contributed by atoms with Crippen LogP contribution in [0.4, 0.5) is 15.7 Å². The zero-order valence-electron chi connectivity index (χ0n) is 22.2. The van der Waals surface area contributed by atoms with Crippen LogP contribution in [-0.2, 0) is 11.2 Å². The topological polar surface area (TPSA) is 92.1 Å². The molecule has 11 heteroatoms. The summed E-state index contributed by atoms with van der Waals surface area (Å²) < 4.78 is 7.05. The molecular weight excluding hydrogens is 536 g/mol. The molecule has 9 nitrogen and oxygen atoms in total. The quantitative estimate of drug-likeness (QED) is 0.304. The number of rotatable bonds is 7. The van der Waals surface area contributed by atoms with Gasteiger partial charge >= 0.3 is 6.09 Å². The molecule has 0 aliphatic carbocycles. The molecular formula is C28H31ClN6O3S. The summed E-state index contributed by atoms with van der Waals surface area (Å²) in [5.74, 6) is 0.730. The molecule has 1 aromatic carbocycles. The van der Waals surface area contributed by atoms with Gasteiger partial charge < -0.3 is 19.9 Å². The fraction of sp³-hybridized carbons (Fsp3) is 0.357. The van der Waals surface area contributed by atoms with Gasteiger partial charge in [-0.15, -0.1) is 11.3 Å². The lowest BCUT2D eigenvalue weighted by molar-refractivity contribution is 0.0859. The highest BCUT2D eigenvalue weighted by atomic mass is 35.5. The largest absolute Gasteiger partial charge is 0.450 e. The lowest BCUT2D eigenvalue weighted by atomic mass is 10.0. The number of hydrogen-bond donors (Lipinski definition) is 1. The molecule has 3 aromatic heterocycles. The third-order valence-corrected chi connectivity index (χ3v) is 8.02. The fourth-order valence-corrected chi connectivity index (χ4v) is 5.69. The number of nitrogens with zero attached hydrogens (tertiary/aromatic N) is 5. The molecule has 2 amide bonds. The Balaban J connectivity index is 1.35. The number of amides is 2. The molecule has 1 saturated heterocycles. The maximum absolute atomic E-state index is 13.2. The summed E-state index contributed by atoms with van der Waals surface area (Å²) in [5, 5.41) is 6.66. The van der Waals surface area contributed by atoms with Crippen LogP contribution in [-0.4, -0.2) is 64.1 Å². The van der Waals surface area contributed by atoms with Crippen LogP contribution in [0.1, 0.15) is 42.7 Å². The van der Waals surface area contributed by atoms with Crippen molar-refractivity contribution >= 4 is 51.5 Å². The summed E-state index contributed by atoms with van der Waals surface area (Å²) in [6.45, 7) is 5.34. The van der Waals surface area contributed by atoms with E-state index in [4.69, 9.17) is 26.3 Å². The van der Waals surface area contributed by atoms with Crippen molar-refractivity contribution in [3.8, 4) is 11.3 Å². The van der Waals surface area contributed by atoms with Crippen LogP contribution in [0.25, 0.3) is 16.9 Å². The molecule has 1 fully saturated rings. The number of halogens is 1. The first kappa shape index (κ1) is 27.0. The van der Waals surface area contributed by atoms with E-state index in [2.05, 4.69) is 12.2 Å². The number of carbonyl (C=O) groups is 2. The van der Waals surface area contributed by atoms with Crippen molar-refractivity contribution < 1.29 is 14.3 Å². The van der Waals surface area contributed by atoms with E-state index in [1.807, 2.05) is 58.3 Å². The second-order valence-corrected chi connectivity index (χ2v) is 10.7. The fourth-order valence-electron chi connectivity index (χ4n) is 4.76. The number of imidazole rings is 1. The van der Waals surface area contributed by atoms with Gasteiger partial charge in [-0.1, -0.05) is 30.7 Å². The van der Waals surface area contributed by atoms with Crippen LogP contribution in [0.2, 0.25) is 5.02 Å². The van der Waals surface area contributed by atoms with Crippen molar-refractivity contribution in [3.05, 3.63) is 64.3 Å². The Kier molecular flexibility index (Phi) is 8.04. The van der Waals surface area contributed by atoms with Crippen LogP contribution >= 0.6 is 22.9 Å². The highest BCUT2D eigenvalue weighted by Gasteiger charge is 2.25. The van der Waals surface area contributed by atoms with E-state index < -0.39 is 0 Å². The predicted octanol–water partition coefficient (Wildman–Crippen LogP) is 5.79. The van der Waals surface area contributed by atoms with E-state index >= 15 is 0 Å². The molecule has 204 valence electrons. The Labute approximate surface area is 236 Å². The van der Waals surface area contributed by atoms with Gasteiger partial charge in [-0.2, -0.15) is 0 Å². The summed E-state index contributed by atoms with van der Waals surface area (Å²) in [4.78, 5) is 38.6. The molecule has 1 aliphatic rings. The van der Waals surface area contributed by atoms with E-state index in [0.717, 1.165) is 40.0 Å². The molecule has 4 aromatic rings. The van der Waals surface area contributed by atoms with E-state index in [1.165, 1.54) is 0 Å². The number of carbonyl (C=O) groups excluding carboxylic acids is 2. The Morgan fingerprint density at radius 1 is 1.13 bits per heavy atom. The summed E-state index contributed by atoms with van der Waals surface area (Å²) in [6.07, 6.45) is 3.65. The first-order valence-corrected chi connectivity index (χ1v) is 14.3. The minimum atomic E-state index is -0.295. The molecule has 0 radical (unpaired) electrons. The van der Waals surface area contributed by atoms with Crippen LogP contribution in [0, 0.1) is 0 Å². The second-order valence-electron chi connectivity index (χ2n) is 9.40. The van der Waals surface area contributed by atoms with E-state index in [-0.39, 0.29) is 18.0 Å². The van der Waals surface area contributed by atoms with Gasteiger partial charge in [0.1, 0.15) is 11.5 Å². The normalized spacial score (nSPS) is 14.0. The predicted molar refractivity (Wildman–Crippen MR) is 154 cm³/mol. The minimum absolute atomic E-state index is 0.00313. The summed E-state index contributed by atoms with van der Waals surface area (Å²) in [5.41, 5.74) is 4.11. The van der Waals surface area contributed by atoms with Crippen molar-refractivity contribution in [3.63, 3.8) is 0 Å². The molecule has 39 heavy (non-hydrogen) atoms. The lowest BCUT2D eigenvalue weighted by Crippen LogP contribution is -2.46. The van der Waals surface area contributed by atoms with Gasteiger partial charge in [0, 0.05) is 48.3 Å². The number of hydrogen-bond acceptors (Lipinski definition) is 7. The Morgan fingerprint density at radius 3 is 2.56 bits per heavy atom. The van der Waals surface area contributed by atoms with Gasteiger partial charge in [0.15, 0.2) is 5.13 Å². The Morgan fingerprint density at radius 2 is 1.87 bits per heavy atom. The molecule has 0 spiro atoms. The van der Waals surface area contributed by atoms with Crippen LogP contribution in [0.3, 0.4) is 0 Å². The molecule has 1 N–H and O–H groups in total. The van der Waals surface area contributed by atoms with Crippen LogP contribution < -0.4 is 10.2 Å². The van der Waals surface area contributed by atoms with Crippen molar-refractivity contribution in [2.24, 2.45) is 0 Å². The molecule has 5 rings (SSSR count). The number of benzene rings is 1. The molecule has 4 heterocycles. The standard InChI is InChI=1S/C28H31ClN6O3S/c1-4-22-26(33(3)27-32-23(17-39-27)18-6-9-20(29)10-7-18)35-16-19(8-11-24(35)31-22)25(36)30-21-12-14-34(15-13-21)28(37)38-5-2/h6-11,16-17,21H,4-5,12-15H2,1-3H3,(H,30,36). The van der Waals surface area contributed by atoms with Crippen molar-refractivity contribution in [1.29, 1.82) is 0 Å². The summed E-state index contributed by atoms with van der Waals surface area (Å²) in [7, 11) is 1.97. The monoisotopic (exact) mass is 566 g/mol. The minimum Gasteiger partial charge on any atom is -0.450 e. The van der Waals surface area contributed by atoms with E-state index in [1.54, 1.807) is 29.2 Å². The molecule has 0 atom stereocenters. The highest BCUT2D eigenvalue weighted by molar-refractivity contribution is 7.14. The third-order valence-electron chi connectivity index (χ3n) is 6.85. The van der Waals surface area contributed by atoms with Gasteiger partial charge in [0.2, 0.25) is 0 Å². The van der Waals surface area contributed by atoms with Crippen molar-refractivity contribution in [1.82, 2.24) is 24.6 Å². The van der Waals surface area contributed by atoms with E-state index in [9.17, 15) is 9.59 Å². The van der Waals surface area contributed by atoms with Gasteiger partial charge in [0.25, 0.3) is 5.91 Å². The number of pyridine rings is 1. The maximum atomic E-state index is 13.2. The van der Waals surface area contributed by atoms with Gasteiger partial charge in [-0.05, 0) is 50.5 Å². The van der Waals surface area contributed by atoms with Crippen molar-refractivity contribution in [2.75, 3.05) is 31.6 Å². The summed E-state index contributed by atoms with van der Waals surface area (Å²) in [6, 6.07) is 11.3. The Hall–Kier alpha value is -3.63. The highest BCUT2D eigenvalue weighted by Crippen LogP contribution is 2.34. The third kappa shape index (κ3) is 5.72. The number of aryl methyl sites for hydroxylation is 1. The van der Waals surface area contributed by atoms with E-state index in [0.29, 0.717) is 43.1 Å². The number of piperidine rings is 1. The first-order chi connectivity index (χ1) is 18.9. The number of likely N-dealkylation sites (tertiary alicyclic amines) is 1. The van der Waals surface area contributed by atoms with Crippen molar-refractivity contribution in [2.45, 2.75) is 39.2 Å². The number of aromatic nitrogens is 3. The number of anilines is 2.